The fourth-order valence-corrected chi connectivity index (χ4v) is 17.3. The Balaban J connectivity index is 0.956. The van der Waals surface area contributed by atoms with Crippen molar-refractivity contribution in [3.63, 3.8) is 0 Å². The molecule has 5 heteroatoms. The molecule has 0 aromatic heterocycles. The van der Waals surface area contributed by atoms with E-state index in [1.807, 2.05) is 24.3 Å². The maximum absolute atomic E-state index is 17.2. The maximum Gasteiger partial charge on any atom is 0.186 e. The predicted molar refractivity (Wildman–Crippen MR) is 297 cm³/mol. The van der Waals surface area contributed by atoms with Crippen molar-refractivity contribution >= 4 is 57.2 Å². The largest absolute Gasteiger partial charge is 0.456 e. The minimum Gasteiger partial charge on any atom is -0.456 e. The van der Waals surface area contributed by atoms with Gasteiger partial charge in [0.25, 0.3) is 0 Å². The second kappa shape index (κ2) is 14.8. The minimum atomic E-state index is -3.58. The third kappa shape index (κ3) is 5.08. The molecule has 16 rings (SSSR count). The first-order chi connectivity index (χ1) is 36.1. The Morgan fingerprint density at radius 2 is 0.630 bits per heavy atom. The molecule has 0 radical (unpaired) electrons. The average molecular weight is 951 g/mol. The van der Waals surface area contributed by atoms with Crippen LogP contribution in [0.15, 0.2) is 261 Å². The molecule has 11 aromatic rings. The molecular formula is C68H43N2O2P. The van der Waals surface area contributed by atoms with Crippen LogP contribution in [0.2, 0.25) is 0 Å². The van der Waals surface area contributed by atoms with Crippen molar-refractivity contribution < 1.29 is 9.30 Å². The second-order valence-corrected chi connectivity index (χ2v) is 22.4. The molecule has 11 aromatic carbocycles. The summed E-state index contributed by atoms with van der Waals surface area (Å²) >= 11 is 0. The van der Waals surface area contributed by atoms with Crippen molar-refractivity contribution in [2.75, 3.05) is 9.80 Å². The quantitative estimate of drug-likeness (QED) is 0.156. The molecule has 3 heterocycles. The minimum absolute atomic E-state index is 0.600. The monoisotopic (exact) mass is 950 g/mol. The molecule has 0 amide bonds. The van der Waals surface area contributed by atoms with E-state index in [0.717, 1.165) is 50.0 Å². The Morgan fingerprint density at radius 1 is 0.301 bits per heavy atom. The standard InChI is InChI=1S/C68H43N2O2P/c71-73-64-58-32-17-33-59(64)70(49-39-41-53-51-29-14-16-31-55(51)68(57(53)43-49,46-24-9-3-10-25-46)47-26-11-4-12-27-47)61-35-19-37-63(66(61)73)72-62-36-18-34-60(65(62)73)69(58)48-38-40-52-50-28-13-15-30-54(50)67(56(52)42-48,44-20-5-1-6-21-44)45-22-7-2-8-23-45/h1-43H. The van der Waals surface area contributed by atoms with Crippen LogP contribution in [0.25, 0.3) is 22.3 Å². The van der Waals surface area contributed by atoms with Crippen LogP contribution in [-0.4, -0.2) is 0 Å². The Labute approximate surface area is 424 Å². The Morgan fingerprint density at radius 3 is 1.03 bits per heavy atom. The zero-order chi connectivity index (χ0) is 48.0. The number of benzene rings is 11. The summed E-state index contributed by atoms with van der Waals surface area (Å²) in [5.41, 5.74) is 18.9. The summed E-state index contributed by atoms with van der Waals surface area (Å²) in [6.07, 6.45) is 0. The van der Waals surface area contributed by atoms with Gasteiger partial charge in [0.05, 0.1) is 49.5 Å². The molecular weight excluding hydrogens is 908 g/mol. The molecule has 0 fully saturated rings. The molecule has 5 aliphatic rings. The number of hydrogen-bond donors (Lipinski definition) is 0. The highest BCUT2D eigenvalue weighted by atomic mass is 31.2. The topological polar surface area (TPSA) is 32.8 Å². The van der Waals surface area contributed by atoms with Gasteiger partial charge in [-0.2, -0.15) is 0 Å². The van der Waals surface area contributed by atoms with Crippen LogP contribution in [0.5, 0.6) is 11.5 Å². The first-order valence-corrected chi connectivity index (χ1v) is 26.8. The fraction of sp³-hybridized carbons (Fsp3) is 0.0294. The van der Waals surface area contributed by atoms with E-state index in [4.69, 9.17) is 4.74 Å². The van der Waals surface area contributed by atoms with Crippen LogP contribution in [0, 0.1) is 0 Å². The third-order valence-corrected chi connectivity index (χ3v) is 19.7. The van der Waals surface area contributed by atoms with E-state index in [0.29, 0.717) is 11.5 Å². The molecule has 73 heavy (non-hydrogen) atoms. The summed E-state index contributed by atoms with van der Waals surface area (Å²) in [6.45, 7) is 0. The molecule has 2 aliphatic carbocycles. The number of ether oxygens (including phenoxy) is 1. The lowest BCUT2D eigenvalue weighted by Crippen LogP contribution is -2.45. The first-order valence-electron chi connectivity index (χ1n) is 25.1. The second-order valence-electron chi connectivity index (χ2n) is 19.8. The van der Waals surface area contributed by atoms with Crippen LogP contribution in [0.1, 0.15) is 44.5 Å². The van der Waals surface area contributed by atoms with Gasteiger partial charge in [-0.25, -0.2) is 0 Å². The van der Waals surface area contributed by atoms with E-state index in [-0.39, 0.29) is 0 Å². The van der Waals surface area contributed by atoms with Gasteiger partial charge in [-0.05, 0) is 127 Å². The third-order valence-electron chi connectivity index (χ3n) is 16.5. The van der Waals surface area contributed by atoms with Gasteiger partial charge in [0.2, 0.25) is 0 Å². The number of fused-ring (bicyclic) bond motifs is 6. The average Bonchev–Trinajstić information content (AvgIpc) is 3.92. The highest BCUT2D eigenvalue weighted by Crippen LogP contribution is 2.67. The number of nitrogens with zero attached hydrogens (tertiary/aromatic N) is 2. The van der Waals surface area contributed by atoms with Gasteiger partial charge >= 0.3 is 0 Å². The summed E-state index contributed by atoms with van der Waals surface area (Å²) in [5, 5.41) is 2.31. The Bertz CT molecular complexity index is 3830. The van der Waals surface area contributed by atoms with E-state index < -0.39 is 18.0 Å². The van der Waals surface area contributed by atoms with Crippen LogP contribution in [0.4, 0.5) is 34.1 Å². The Hall–Kier alpha value is -8.95. The van der Waals surface area contributed by atoms with Gasteiger partial charge in [-0.3, -0.25) is 0 Å². The van der Waals surface area contributed by atoms with Crippen molar-refractivity contribution in [2.24, 2.45) is 0 Å². The van der Waals surface area contributed by atoms with E-state index in [1.165, 1.54) is 66.8 Å². The summed E-state index contributed by atoms with van der Waals surface area (Å²) in [7, 11) is -3.58. The number of hydrogen-bond acceptors (Lipinski definition) is 4. The number of rotatable bonds is 6. The molecule has 0 unspecified atom stereocenters. The van der Waals surface area contributed by atoms with Gasteiger partial charge in [-0.15, -0.1) is 0 Å². The van der Waals surface area contributed by atoms with Crippen molar-refractivity contribution in [1.82, 2.24) is 0 Å². The van der Waals surface area contributed by atoms with Gasteiger partial charge in [-0.1, -0.05) is 200 Å². The van der Waals surface area contributed by atoms with Gasteiger partial charge < -0.3 is 19.1 Å². The van der Waals surface area contributed by atoms with Gasteiger partial charge in [0, 0.05) is 11.4 Å². The summed E-state index contributed by atoms with van der Waals surface area (Å²) in [5.74, 6) is 1.26. The van der Waals surface area contributed by atoms with Crippen molar-refractivity contribution in [2.45, 2.75) is 10.8 Å². The van der Waals surface area contributed by atoms with E-state index in [1.54, 1.807) is 0 Å². The maximum atomic E-state index is 17.2. The van der Waals surface area contributed by atoms with E-state index >= 15 is 4.57 Å². The summed E-state index contributed by atoms with van der Waals surface area (Å²) in [6, 6.07) is 94.3. The molecule has 0 atom stereocenters. The highest BCUT2D eigenvalue weighted by molar-refractivity contribution is 7.87. The Kier molecular flexibility index (Phi) is 8.26. The van der Waals surface area contributed by atoms with Gasteiger partial charge in [0.1, 0.15) is 11.5 Å². The SMILES string of the molecule is O=P12c3c4cccc3N(c3ccc5c(c3)C(c3ccccc3)(c3ccccc3)c3ccccc3-5)c3cccc(c31)N(c1ccc3c(c1)C(c1ccccc1)(c1ccccc1)c1ccccc1-3)c1cccc(c12)O4. The number of anilines is 6. The van der Waals surface area contributed by atoms with Crippen LogP contribution >= 0.6 is 7.14 Å². The normalized spacial score (nSPS) is 15.6. The predicted octanol–water partition coefficient (Wildman–Crippen LogP) is 15.7. The highest BCUT2D eigenvalue weighted by Gasteiger charge is 2.55. The van der Waals surface area contributed by atoms with E-state index in [9.17, 15) is 0 Å². The fourth-order valence-electron chi connectivity index (χ4n) is 13.8. The van der Waals surface area contributed by atoms with E-state index in [2.05, 4.69) is 246 Å². The van der Waals surface area contributed by atoms with Crippen LogP contribution in [0.3, 0.4) is 0 Å². The van der Waals surface area contributed by atoms with Crippen LogP contribution < -0.4 is 30.5 Å². The zero-order valence-corrected chi connectivity index (χ0v) is 40.4. The summed E-state index contributed by atoms with van der Waals surface area (Å²) < 4.78 is 24.2. The summed E-state index contributed by atoms with van der Waals surface area (Å²) in [4.78, 5) is 4.71. The van der Waals surface area contributed by atoms with Gasteiger partial charge in [0.15, 0.2) is 7.14 Å². The molecule has 0 saturated carbocycles. The molecule has 0 spiro atoms. The molecule has 3 aliphatic heterocycles. The lowest BCUT2D eigenvalue weighted by Gasteiger charge is -2.47. The molecule has 4 nitrogen and oxygen atoms in total. The zero-order valence-electron chi connectivity index (χ0n) is 39.5. The first kappa shape index (κ1) is 40.7. The van der Waals surface area contributed by atoms with Crippen molar-refractivity contribution in [3.8, 4) is 33.8 Å². The van der Waals surface area contributed by atoms with Crippen molar-refractivity contribution in [3.05, 3.63) is 305 Å². The lowest BCUT2D eigenvalue weighted by atomic mass is 9.67. The molecule has 342 valence electrons. The molecule has 0 bridgehead atoms. The van der Waals surface area contributed by atoms with Crippen LogP contribution in [-0.2, 0) is 15.4 Å². The smallest absolute Gasteiger partial charge is 0.186 e. The molecule has 0 saturated heterocycles. The van der Waals surface area contributed by atoms with Crippen molar-refractivity contribution in [1.29, 1.82) is 0 Å². The lowest BCUT2D eigenvalue weighted by molar-refractivity contribution is 0.485. The molecule has 0 N–H and O–H groups in total.